The summed E-state index contributed by atoms with van der Waals surface area (Å²) in [6.07, 6.45) is 0. The second-order valence-corrected chi connectivity index (χ2v) is 5.52. The molecule has 0 aliphatic heterocycles. The van der Waals surface area contributed by atoms with Crippen LogP contribution < -0.4 is 5.32 Å². The van der Waals surface area contributed by atoms with Crippen LogP contribution in [0.2, 0.25) is 0 Å². The third-order valence-corrected chi connectivity index (χ3v) is 3.89. The predicted molar refractivity (Wildman–Crippen MR) is 83.9 cm³/mol. The van der Waals surface area contributed by atoms with Crippen LogP contribution in [-0.2, 0) is 4.79 Å². The summed E-state index contributed by atoms with van der Waals surface area (Å²) in [5, 5.41) is 11.9. The SMILES string of the molecule is Cc1ccc(NC(=O)CSc2ccccc2C(=O)O)cc1. The number of carboxylic acids is 1. The first-order chi connectivity index (χ1) is 10.1. The van der Waals surface area contributed by atoms with E-state index in [0.29, 0.717) is 4.90 Å². The van der Waals surface area contributed by atoms with Gasteiger partial charge < -0.3 is 10.4 Å². The second-order valence-electron chi connectivity index (χ2n) is 4.50. The highest BCUT2D eigenvalue weighted by molar-refractivity contribution is 8.00. The number of nitrogens with one attached hydrogen (secondary N) is 1. The summed E-state index contributed by atoms with van der Waals surface area (Å²) in [4.78, 5) is 23.5. The molecule has 4 nitrogen and oxygen atoms in total. The standard InChI is InChI=1S/C16H15NO3S/c1-11-6-8-12(9-7-11)17-15(18)10-21-14-5-3-2-4-13(14)16(19)20/h2-9H,10H2,1H3,(H,17,18)(H,19,20). The van der Waals surface area contributed by atoms with Gasteiger partial charge in [0, 0.05) is 10.6 Å². The van der Waals surface area contributed by atoms with Gasteiger partial charge in [0.05, 0.1) is 11.3 Å². The molecule has 2 aromatic rings. The monoisotopic (exact) mass is 301 g/mol. The number of aryl methyl sites for hydroxylation is 1. The quantitative estimate of drug-likeness (QED) is 0.830. The highest BCUT2D eigenvalue weighted by Crippen LogP contribution is 2.22. The summed E-state index contributed by atoms with van der Waals surface area (Å²) in [7, 11) is 0. The van der Waals surface area contributed by atoms with Crippen molar-refractivity contribution in [2.24, 2.45) is 0 Å². The van der Waals surface area contributed by atoms with Gasteiger partial charge in [0.1, 0.15) is 0 Å². The van der Waals surface area contributed by atoms with Gasteiger partial charge in [0.2, 0.25) is 5.91 Å². The molecule has 0 radical (unpaired) electrons. The number of carbonyl (C=O) groups is 2. The molecule has 108 valence electrons. The van der Waals surface area contributed by atoms with Gasteiger partial charge in [0.25, 0.3) is 0 Å². The molecule has 0 atom stereocenters. The fraction of sp³-hybridized carbons (Fsp3) is 0.125. The number of anilines is 1. The maximum atomic E-state index is 11.9. The molecule has 0 saturated carbocycles. The maximum Gasteiger partial charge on any atom is 0.336 e. The van der Waals surface area contributed by atoms with E-state index in [1.165, 1.54) is 17.8 Å². The number of carbonyl (C=O) groups excluding carboxylic acids is 1. The van der Waals surface area contributed by atoms with Gasteiger partial charge in [-0.3, -0.25) is 4.79 Å². The van der Waals surface area contributed by atoms with Crippen molar-refractivity contribution in [1.82, 2.24) is 0 Å². The minimum atomic E-state index is -0.989. The molecular formula is C16H15NO3S. The molecule has 0 bridgehead atoms. The molecule has 1 amide bonds. The third kappa shape index (κ3) is 4.36. The number of rotatable bonds is 5. The summed E-state index contributed by atoms with van der Waals surface area (Å²) < 4.78 is 0. The van der Waals surface area contributed by atoms with Crippen molar-refractivity contribution in [3.63, 3.8) is 0 Å². The Morgan fingerprint density at radius 3 is 2.43 bits per heavy atom. The average molecular weight is 301 g/mol. The van der Waals surface area contributed by atoms with E-state index in [9.17, 15) is 9.59 Å². The number of aromatic carboxylic acids is 1. The Balaban J connectivity index is 1.95. The molecular weight excluding hydrogens is 286 g/mol. The first-order valence-electron chi connectivity index (χ1n) is 6.38. The molecule has 0 spiro atoms. The molecule has 0 unspecified atom stereocenters. The topological polar surface area (TPSA) is 66.4 Å². The van der Waals surface area contributed by atoms with Gasteiger partial charge in [-0.2, -0.15) is 0 Å². The van der Waals surface area contributed by atoms with Gasteiger partial charge in [0.15, 0.2) is 0 Å². The highest BCUT2D eigenvalue weighted by Gasteiger charge is 2.11. The van der Waals surface area contributed by atoms with E-state index < -0.39 is 5.97 Å². The van der Waals surface area contributed by atoms with E-state index in [1.807, 2.05) is 31.2 Å². The minimum absolute atomic E-state index is 0.163. The van der Waals surface area contributed by atoms with Crippen molar-refractivity contribution in [1.29, 1.82) is 0 Å². The minimum Gasteiger partial charge on any atom is -0.478 e. The van der Waals surface area contributed by atoms with E-state index >= 15 is 0 Å². The summed E-state index contributed by atoms with van der Waals surface area (Å²) in [5.41, 5.74) is 2.07. The molecule has 0 aliphatic carbocycles. The van der Waals surface area contributed by atoms with Gasteiger partial charge in [-0.15, -0.1) is 11.8 Å². The molecule has 21 heavy (non-hydrogen) atoms. The Labute approximate surface area is 127 Å². The fourth-order valence-corrected chi connectivity index (χ4v) is 2.59. The molecule has 0 saturated heterocycles. The number of amides is 1. The van der Waals surface area contributed by atoms with E-state index in [-0.39, 0.29) is 17.2 Å². The number of hydrogen-bond acceptors (Lipinski definition) is 3. The molecule has 2 rings (SSSR count). The molecule has 5 heteroatoms. The van der Waals surface area contributed by atoms with E-state index in [1.54, 1.807) is 18.2 Å². The zero-order valence-corrected chi connectivity index (χ0v) is 12.3. The molecule has 2 aromatic carbocycles. The number of hydrogen-bond donors (Lipinski definition) is 2. The third-order valence-electron chi connectivity index (χ3n) is 2.81. The van der Waals surface area contributed by atoms with Crippen LogP contribution >= 0.6 is 11.8 Å². The Bertz CT molecular complexity index is 653. The maximum absolute atomic E-state index is 11.9. The zero-order chi connectivity index (χ0) is 15.2. The summed E-state index contributed by atoms with van der Waals surface area (Å²) in [5.74, 6) is -0.987. The first-order valence-corrected chi connectivity index (χ1v) is 7.36. The first kappa shape index (κ1) is 15.1. The van der Waals surface area contributed by atoms with Crippen molar-refractivity contribution >= 4 is 29.3 Å². The Morgan fingerprint density at radius 1 is 1.10 bits per heavy atom. The fourth-order valence-electron chi connectivity index (χ4n) is 1.75. The number of thioether (sulfide) groups is 1. The zero-order valence-electron chi connectivity index (χ0n) is 11.5. The molecule has 0 aliphatic rings. The lowest BCUT2D eigenvalue weighted by Crippen LogP contribution is -2.14. The smallest absolute Gasteiger partial charge is 0.336 e. The van der Waals surface area contributed by atoms with Crippen LogP contribution in [0.15, 0.2) is 53.4 Å². The van der Waals surface area contributed by atoms with E-state index in [4.69, 9.17) is 5.11 Å². The highest BCUT2D eigenvalue weighted by atomic mass is 32.2. The average Bonchev–Trinajstić information content (AvgIpc) is 2.48. The van der Waals surface area contributed by atoms with Gasteiger partial charge in [-0.1, -0.05) is 29.8 Å². The lowest BCUT2D eigenvalue weighted by atomic mass is 10.2. The predicted octanol–water partition coefficient (Wildman–Crippen LogP) is 3.42. The number of carboxylic acid groups (broad SMARTS) is 1. The summed E-state index contributed by atoms with van der Waals surface area (Å²) in [6.45, 7) is 1.98. The van der Waals surface area contributed by atoms with Crippen LogP contribution in [0.1, 0.15) is 15.9 Å². The summed E-state index contributed by atoms with van der Waals surface area (Å²) >= 11 is 1.21. The van der Waals surface area contributed by atoms with Crippen molar-refractivity contribution in [2.45, 2.75) is 11.8 Å². The Kier molecular flexibility index (Phi) is 5.00. The molecule has 0 aromatic heterocycles. The van der Waals surface area contributed by atoms with Crippen LogP contribution in [0.5, 0.6) is 0 Å². The van der Waals surface area contributed by atoms with Crippen LogP contribution in [0.3, 0.4) is 0 Å². The van der Waals surface area contributed by atoms with Crippen molar-refractivity contribution in [3.05, 3.63) is 59.7 Å². The van der Waals surface area contributed by atoms with Crippen LogP contribution in [0.4, 0.5) is 5.69 Å². The van der Waals surface area contributed by atoms with Crippen LogP contribution in [0, 0.1) is 6.92 Å². The Morgan fingerprint density at radius 2 is 1.76 bits per heavy atom. The normalized spacial score (nSPS) is 10.1. The van der Waals surface area contributed by atoms with Gasteiger partial charge in [-0.05, 0) is 31.2 Å². The van der Waals surface area contributed by atoms with Gasteiger partial charge in [-0.25, -0.2) is 4.79 Å². The van der Waals surface area contributed by atoms with Crippen molar-refractivity contribution < 1.29 is 14.7 Å². The molecule has 2 N–H and O–H groups in total. The van der Waals surface area contributed by atoms with E-state index in [0.717, 1.165) is 11.3 Å². The van der Waals surface area contributed by atoms with Gasteiger partial charge >= 0.3 is 5.97 Å². The summed E-state index contributed by atoms with van der Waals surface area (Å²) in [6, 6.07) is 14.2. The molecule has 0 fully saturated rings. The molecule has 0 heterocycles. The lowest BCUT2D eigenvalue weighted by Gasteiger charge is -2.07. The van der Waals surface area contributed by atoms with E-state index in [2.05, 4.69) is 5.32 Å². The van der Waals surface area contributed by atoms with Crippen LogP contribution in [-0.4, -0.2) is 22.7 Å². The Hall–Kier alpha value is -2.27. The largest absolute Gasteiger partial charge is 0.478 e. The second kappa shape index (κ2) is 6.95. The van der Waals surface area contributed by atoms with Crippen molar-refractivity contribution in [3.8, 4) is 0 Å². The number of benzene rings is 2. The lowest BCUT2D eigenvalue weighted by molar-refractivity contribution is -0.113. The van der Waals surface area contributed by atoms with Crippen LogP contribution in [0.25, 0.3) is 0 Å². The van der Waals surface area contributed by atoms with Crippen molar-refractivity contribution in [2.75, 3.05) is 11.1 Å².